The van der Waals surface area contributed by atoms with Crippen molar-refractivity contribution in [3.8, 4) is 11.5 Å². The predicted octanol–water partition coefficient (Wildman–Crippen LogP) is 5.78. The summed E-state index contributed by atoms with van der Waals surface area (Å²) in [5.74, 6) is 1.29. The van der Waals surface area contributed by atoms with Crippen molar-refractivity contribution in [2.45, 2.75) is 65.2 Å². The molecule has 0 aliphatic carbocycles. The maximum absolute atomic E-state index is 9.89. The maximum atomic E-state index is 9.89. The highest BCUT2D eigenvalue weighted by molar-refractivity contribution is 5.43. The Morgan fingerprint density at radius 2 is 1.40 bits per heavy atom. The average molecular weight is 341 g/mol. The van der Waals surface area contributed by atoms with E-state index in [1.807, 2.05) is 12.1 Å². The van der Waals surface area contributed by atoms with Crippen LogP contribution in [-0.4, -0.2) is 12.2 Å². The Balaban J connectivity index is 2.27. The van der Waals surface area contributed by atoms with Crippen LogP contribution < -0.4 is 4.74 Å². The highest BCUT2D eigenvalue weighted by atomic mass is 16.5. The van der Waals surface area contributed by atoms with Crippen LogP contribution in [0.1, 0.15) is 63.8 Å². The second kappa shape index (κ2) is 7.11. The van der Waals surface area contributed by atoms with E-state index in [0.29, 0.717) is 5.75 Å². The monoisotopic (exact) mass is 340 g/mol. The van der Waals surface area contributed by atoms with Gasteiger partial charge in [0, 0.05) is 0 Å². The Morgan fingerprint density at radius 1 is 0.800 bits per heavy atom. The summed E-state index contributed by atoms with van der Waals surface area (Å²) in [6, 6.07) is 12.3. The van der Waals surface area contributed by atoms with E-state index in [9.17, 15) is 5.11 Å². The van der Waals surface area contributed by atoms with Crippen LogP contribution in [0.4, 0.5) is 0 Å². The summed E-state index contributed by atoms with van der Waals surface area (Å²) in [5.41, 5.74) is 5.13. The Morgan fingerprint density at radius 3 is 1.96 bits per heavy atom. The Hall–Kier alpha value is -1.96. The van der Waals surface area contributed by atoms with Gasteiger partial charge in [0.2, 0.25) is 0 Å². The molecule has 0 aliphatic heterocycles. The summed E-state index contributed by atoms with van der Waals surface area (Å²) in [7, 11) is 1.74. The second-order valence-electron chi connectivity index (χ2n) is 8.88. The van der Waals surface area contributed by atoms with Crippen LogP contribution in [-0.2, 0) is 23.7 Å². The van der Waals surface area contributed by atoms with Crippen molar-refractivity contribution in [2.24, 2.45) is 0 Å². The average Bonchev–Trinajstić information content (AvgIpc) is 2.50. The van der Waals surface area contributed by atoms with Crippen molar-refractivity contribution in [1.82, 2.24) is 0 Å². The van der Waals surface area contributed by atoms with E-state index in [4.69, 9.17) is 4.74 Å². The lowest BCUT2D eigenvalue weighted by Crippen LogP contribution is -2.15. The van der Waals surface area contributed by atoms with E-state index in [1.165, 1.54) is 22.3 Å². The van der Waals surface area contributed by atoms with Gasteiger partial charge in [-0.15, -0.1) is 0 Å². The predicted molar refractivity (Wildman–Crippen MR) is 106 cm³/mol. The number of aromatic hydroxyl groups is 1. The van der Waals surface area contributed by atoms with Gasteiger partial charge < -0.3 is 9.84 Å². The number of methoxy groups -OCH3 is 1. The topological polar surface area (TPSA) is 29.5 Å². The third-order valence-corrected chi connectivity index (χ3v) is 4.65. The number of aryl methyl sites for hydroxylation is 2. The summed E-state index contributed by atoms with van der Waals surface area (Å²) in [5, 5.41) is 9.89. The van der Waals surface area contributed by atoms with E-state index in [0.717, 1.165) is 18.6 Å². The van der Waals surface area contributed by atoms with Crippen molar-refractivity contribution < 1.29 is 9.84 Å². The van der Waals surface area contributed by atoms with Crippen LogP contribution in [0.25, 0.3) is 0 Å². The molecule has 0 spiro atoms. The number of ether oxygens (including phenoxy) is 1. The standard InChI is InChI=1S/C23H32O2/c1-22(2,3)19-13-11-18(24)15-17(19)10-8-16-9-12-20(23(4,5)6)21(14-16)25-7/h9,11-15,24H,8,10H2,1-7H3. The maximum Gasteiger partial charge on any atom is 0.122 e. The van der Waals surface area contributed by atoms with E-state index in [1.54, 1.807) is 13.2 Å². The Labute approximate surface area is 152 Å². The zero-order valence-electron chi connectivity index (χ0n) is 16.7. The first kappa shape index (κ1) is 19.4. The summed E-state index contributed by atoms with van der Waals surface area (Å²) in [4.78, 5) is 0. The molecule has 0 bridgehead atoms. The fourth-order valence-corrected chi connectivity index (χ4v) is 3.31. The molecule has 0 fully saturated rings. The van der Waals surface area contributed by atoms with Crippen molar-refractivity contribution in [1.29, 1.82) is 0 Å². The first-order valence-electron chi connectivity index (χ1n) is 9.02. The first-order chi connectivity index (χ1) is 11.5. The zero-order valence-corrected chi connectivity index (χ0v) is 16.7. The van der Waals surface area contributed by atoms with Crippen molar-refractivity contribution >= 4 is 0 Å². The molecule has 0 aliphatic rings. The van der Waals surface area contributed by atoms with Gasteiger partial charge in [0.15, 0.2) is 0 Å². The summed E-state index contributed by atoms with van der Waals surface area (Å²) < 4.78 is 5.62. The number of phenolic OH excluding ortho intramolecular Hbond substituents is 1. The fraction of sp³-hybridized carbons (Fsp3) is 0.478. The molecule has 0 atom stereocenters. The molecule has 2 aromatic rings. The van der Waals surface area contributed by atoms with Crippen LogP contribution in [0.2, 0.25) is 0 Å². The van der Waals surface area contributed by atoms with Gasteiger partial charge in [-0.1, -0.05) is 59.7 Å². The molecule has 0 heterocycles. The number of benzene rings is 2. The lowest BCUT2D eigenvalue weighted by atomic mass is 9.82. The van der Waals surface area contributed by atoms with Gasteiger partial charge in [0.05, 0.1) is 7.11 Å². The molecule has 25 heavy (non-hydrogen) atoms. The molecule has 2 heteroatoms. The molecule has 0 unspecified atom stereocenters. The molecule has 0 radical (unpaired) electrons. The van der Waals surface area contributed by atoms with Crippen LogP contribution >= 0.6 is 0 Å². The second-order valence-corrected chi connectivity index (χ2v) is 8.88. The summed E-state index contributed by atoms with van der Waals surface area (Å²) >= 11 is 0. The molecular formula is C23H32O2. The third-order valence-electron chi connectivity index (χ3n) is 4.65. The van der Waals surface area contributed by atoms with Gasteiger partial charge in [-0.05, 0) is 64.1 Å². The number of rotatable bonds is 4. The third kappa shape index (κ3) is 4.78. The molecule has 1 N–H and O–H groups in total. The molecule has 0 aromatic heterocycles. The van der Waals surface area contributed by atoms with Gasteiger partial charge in [-0.25, -0.2) is 0 Å². The van der Waals surface area contributed by atoms with Gasteiger partial charge in [0.1, 0.15) is 11.5 Å². The molecule has 2 rings (SSSR count). The van der Waals surface area contributed by atoms with E-state index >= 15 is 0 Å². The van der Waals surface area contributed by atoms with Gasteiger partial charge in [-0.3, -0.25) is 0 Å². The largest absolute Gasteiger partial charge is 0.508 e. The van der Waals surface area contributed by atoms with Crippen LogP contribution in [0.5, 0.6) is 11.5 Å². The molecule has 136 valence electrons. The van der Waals surface area contributed by atoms with E-state index < -0.39 is 0 Å². The molecule has 0 saturated carbocycles. The smallest absolute Gasteiger partial charge is 0.122 e. The lowest BCUT2D eigenvalue weighted by Gasteiger charge is -2.24. The Kier molecular flexibility index (Phi) is 5.51. The lowest BCUT2D eigenvalue weighted by molar-refractivity contribution is 0.397. The molecule has 0 saturated heterocycles. The van der Waals surface area contributed by atoms with E-state index in [-0.39, 0.29) is 10.8 Å². The SMILES string of the molecule is COc1cc(CCc2cc(O)ccc2C(C)(C)C)ccc1C(C)(C)C. The van der Waals surface area contributed by atoms with Crippen molar-refractivity contribution in [3.05, 3.63) is 58.7 Å². The molecular weight excluding hydrogens is 308 g/mol. The summed E-state index contributed by atoms with van der Waals surface area (Å²) in [6.07, 6.45) is 1.83. The minimum atomic E-state index is 0.0640. The molecule has 2 aromatic carbocycles. The number of phenols is 1. The van der Waals surface area contributed by atoms with Crippen molar-refractivity contribution in [3.63, 3.8) is 0 Å². The zero-order chi connectivity index (χ0) is 18.8. The number of hydrogen-bond acceptors (Lipinski definition) is 2. The number of hydrogen-bond donors (Lipinski definition) is 1. The normalized spacial score (nSPS) is 12.3. The summed E-state index contributed by atoms with van der Waals surface area (Å²) in [6.45, 7) is 13.2. The molecule has 2 nitrogen and oxygen atoms in total. The highest BCUT2D eigenvalue weighted by Gasteiger charge is 2.20. The first-order valence-corrected chi connectivity index (χ1v) is 9.02. The van der Waals surface area contributed by atoms with Gasteiger partial charge in [-0.2, -0.15) is 0 Å². The van der Waals surface area contributed by atoms with Crippen molar-refractivity contribution in [2.75, 3.05) is 7.11 Å². The van der Waals surface area contributed by atoms with E-state index in [2.05, 4.69) is 59.7 Å². The highest BCUT2D eigenvalue weighted by Crippen LogP contribution is 2.33. The van der Waals surface area contributed by atoms with Gasteiger partial charge >= 0.3 is 0 Å². The molecule has 0 amide bonds. The van der Waals surface area contributed by atoms with Gasteiger partial charge in [0.25, 0.3) is 0 Å². The fourth-order valence-electron chi connectivity index (χ4n) is 3.31. The Bertz CT molecular complexity index is 731. The minimum Gasteiger partial charge on any atom is -0.508 e. The quantitative estimate of drug-likeness (QED) is 0.764. The minimum absolute atomic E-state index is 0.0640. The van der Waals surface area contributed by atoms with Crippen LogP contribution in [0.15, 0.2) is 36.4 Å². The van der Waals surface area contributed by atoms with Crippen LogP contribution in [0, 0.1) is 0 Å². The van der Waals surface area contributed by atoms with Crippen LogP contribution in [0.3, 0.4) is 0 Å².